The first-order valence-corrected chi connectivity index (χ1v) is 7.08. The fourth-order valence-corrected chi connectivity index (χ4v) is 2.10. The molecule has 2 aromatic carbocycles. The number of benzene rings is 2. The average molecular weight is 284 g/mol. The van der Waals surface area contributed by atoms with Crippen LogP contribution in [0.25, 0.3) is 0 Å². The lowest BCUT2D eigenvalue weighted by Crippen LogP contribution is -1.99. The zero-order valence-corrected chi connectivity index (χ0v) is 12.4. The first kappa shape index (κ1) is 15.1. The summed E-state index contributed by atoms with van der Waals surface area (Å²) in [5, 5.41) is 8.83. The molecule has 110 valence electrons. The summed E-state index contributed by atoms with van der Waals surface area (Å²) >= 11 is 0. The Morgan fingerprint density at radius 1 is 1.00 bits per heavy atom. The Morgan fingerprint density at radius 2 is 1.57 bits per heavy atom. The second-order valence-electron chi connectivity index (χ2n) is 5.53. The molecule has 0 aromatic heterocycles. The van der Waals surface area contributed by atoms with Gasteiger partial charge < -0.3 is 9.84 Å². The molecule has 0 saturated carbocycles. The molecule has 0 atom stereocenters. The summed E-state index contributed by atoms with van der Waals surface area (Å²) < 4.78 is 5.65. The Kier molecular flexibility index (Phi) is 4.99. The van der Waals surface area contributed by atoms with Crippen molar-refractivity contribution < 1.29 is 14.6 Å². The van der Waals surface area contributed by atoms with Gasteiger partial charge in [-0.05, 0) is 47.7 Å². The van der Waals surface area contributed by atoms with Crippen molar-refractivity contribution in [3.8, 4) is 5.75 Å². The molecule has 2 aromatic rings. The third-order valence-electron chi connectivity index (χ3n) is 3.17. The Hall–Kier alpha value is -2.29. The van der Waals surface area contributed by atoms with Gasteiger partial charge in [0.15, 0.2) is 0 Å². The Labute approximate surface area is 125 Å². The van der Waals surface area contributed by atoms with E-state index in [1.165, 1.54) is 5.56 Å². The average Bonchev–Trinajstić information content (AvgIpc) is 2.46. The van der Waals surface area contributed by atoms with Crippen LogP contribution in [-0.4, -0.2) is 11.1 Å². The molecule has 0 radical (unpaired) electrons. The van der Waals surface area contributed by atoms with Crippen molar-refractivity contribution in [2.45, 2.75) is 26.9 Å². The van der Waals surface area contributed by atoms with E-state index in [0.717, 1.165) is 12.0 Å². The van der Waals surface area contributed by atoms with Crippen LogP contribution in [0.15, 0.2) is 48.5 Å². The fraction of sp³-hybridized carbons (Fsp3) is 0.278. The van der Waals surface area contributed by atoms with Crippen LogP contribution in [0.2, 0.25) is 0 Å². The maximum atomic E-state index is 10.8. The van der Waals surface area contributed by atoms with Crippen molar-refractivity contribution in [1.82, 2.24) is 0 Å². The van der Waals surface area contributed by atoms with Crippen LogP contribution >= 0.6 is 0 Å². The van der Waals surface area contributed by atoms with E-state index in [0.29, 0.717) is 18.3 Å². The third-order valence-corrected chi connectivity index (χ3v) is 3.17. The zero-order chi connectivity index (χ0) is 15.2. The van der Waals surface area contributed by atoms with Crippen molar-refractivity contribution >= 4 is 5.97 Å². The van der Waals surface area contributed by atoms with Gasteiger partial charge in [-0.3, -0.25) is 0 Å². The lowest BCUT2D eigenvalue weighted by molar-refractivity contribution is 0.0697. The Balaban J connectivity index is 1.91. The number of carbonyl (C=O) groups is 1. The largest absolute Gasteiger partial charge is 0.489 e. The van der Waals surface area contributed by atoms with E-state index >= 15 is 0 Å². The summed E-state index contributed by atoms with van der Waals surface area (Å²) in [6.07, 6.45) is 1.08. The molecular formula is C18H20O3. The molecule has 1 N–H and O–H groups in total. The number of hydrogen-bond donors (Lipinski definition) is 1. The first-order valence-electron chi connectivity index (χ1n) is 7.08. The van der Waals surface area contributed by atoms with Gasteiger partial charge >= 0.3 is 5.97 Å². The molecule has 21 heavy (non-hydrogen) atoms. The van der Waals surface area contributed by atoms with Gasteiger partial charge in [-0.25, -0.2) is 4.79 Å². The number of hydrogen-bond acceptors (Lipinski definition) is 2. The molecular weight excluding hydrogens is 264 g/mol. The highest BCUT2D eigenvalue weighted by Crippen LogP contribution is 2.15. The summed E-state index contributed by atoms with van der Waals surface area (Å²) in [4.78, 5) is 10.8. The molecule has 3 nitrogen and oxygen atoms in total. The molecule has 3 heteroatoms. The summed E-state index contributed by atoms with van der Waals surface area (Å²) in [6, 6.07) is 14.9. The lowest BCUT2D eigenvalue weighted by atomic mass is 10.0. The molecule has 0 heterocycles. The molecule has 0 fully saturated rings. The monoisotopic (exact) mass is 284 g/mol. The van der Waals surface area contributed by atoms with E-state index < -0.39 is 5.97 Å². The number of carboxylic acids is 1. The minimum atomic E-state index is -0.928. The molecule has 0 bridgehead atoms. The third kappa shape index (κ3) is 4.63. The van der Waals surface area contributed by atoms with E-state index in [9.17, 15) is 4.79 Å². The van der Waals surface area contributed by atoms with Crippen LogP contribution in [0, 0.1) is 5.92 Å². The fourth-order valence-electron chi connectivity index (χ4n) is 2.10. The second-order valence-corrected chi connectivity index (χ2v) is 5.53. The Bertz CT molecular complexity index is 583. The lowest BCUT2D eigenvalue weighted by Gasteiger charge is -2.08. The molecule has 0 unspecified atom stereocenters. The molecule has 0 spiro atoms. The minimum absolute atomic E-state index is 0.264. The zero-order valence-electron chi connectivity index (χ0n) is 12.4. The maximum absolute atomic E-state index is 10.8. The topological polar surface area (TPSA) is 46.5 Å². The smallest absolute Gasteiger partial charge is 0.335 e. The molecule has 0 saturated heterocycles. The Morgan fingerprint density at radius 3 is 2.10 bits per heavy atom. The summed E-state index contributed by atoms with van der Waals surface area (Å²) in [5.74, 6) is 0.397. The highest BCUT2D eigenvalue weighted by molar-refractivity contribution is 5.87. The van der Waals surface area contributed by atoms with E-state index in [1.807, 2.05) is 0 Å². The van der Waals surface area contributed by atoms with Gasteiger partial charge in [0.25, 0.3) is 0 Å². The van der Waals surface area contributed by atoms with Crippen molar-refractivity contribution in [1.29, 1.82) is 0 Å². The van der Waals surface area contributed by atoms with Crippen LogP contribution in [0.1, 0.15) is 35.3 Å². The van der Waals surface area contributed by atoms with Crippen LogP contribution in [0.5, 0.6) is 5.75 Å². The maximum Gasteiger partial charge on any atom is 0.335 e. The van der Waals surface area contributed by atoms with E-state index in [1.54, 1.807) is 24.3 Å². The first-order chi connectivity index (χ1) is 10.0. The summed E-state index contributed by atoms with van der Waals surface area (Å²) in [6.45, 7) is 4.89. The van der Waals surface area contributed by atoms with E-state index in [2.05, 4.69) is 38.1 Å². The highest BCUT2D eigenvalue weighted by Gasteiger charge is 2.03. The minimum Gasteiger partial charge on any atom is -0.489 e. The van der Waals surface area contributed by atoms with Crippen molar-refractivity contribution in [2.24, 2.45) is 5.92 Å². The quantitative estimate of drug-likeness (QED) is 0.866. The van der Waals surface area contributed by atoms with Crippen LogP contribution in [0.3, 0.4) is 0 Å². The molecule has 0 aliphatic rings. The van der Waals surface area contributed by atoms with Gasteiger partial charge in [0.1, 0.15) is 12.4 Å². The second kappa shape index (κ2) is 6.93. The van der Waals surface area contributed by atoms with Crippen LogP contribution < -0.4 is 4.74 Å². The van der Waals surface area contributed by atoms with E-state index in [-0.39, 0.29) is 5.56 Å². The number of ether oxygens (including phenoxy) is 1. The standard InChI is InChI=1S/C18H20O3/c1-13(2)11-14-3-5-15(6-4-14)12-21-17-9-7-16(8-10-17)18(19)20/h3-10,13H,11-12H2,1-2H3,(H,19,20). The summed E-state index contributed by atoms with van der Waals surface area (Å²) in [5.41, 5.74) is 2.70. The molecule has 0 aliphatic heterocycles. The van der Waals surface area contributed by atoms with Crippen LogP contribution in [-0.2, 0) is 13.0 Å². The van der Waals surface area contributed by atoms with Gasteiger partial charge in [0.05, 0.1) is 5.56 Å². The predicted molar refractivity (Wildman–Crippen MR) is 82.7 cm³/mol. The van der Waals surface area contributed by atoms with Gasteiger partial charge in [0.2, 0.25) is 0 Å². The van der Waals surface area contributed by atoms with Crippen molar-refractivity contribution in [3.05, 3.63) is 65.2 Å². The van der Waals surface area contributed by atoms with Gasteiger partial charge in [-0.15, -0.1) is 0 Å². The summed E-state index contributed by atoms with van der Waals surface area (Å²) in [7, 11) is 0. The van der Waals surface area contributed by atoms with Crippen LogP contribution in [0.4, 0.5) is 0 Å². The van der Waals surface area contributed by atoms with Gasteiger partial charge in [-0.2, -0.15) is 0 Å². The number of carboxylic acid groups (broad SMARTS) is 1. The normalized spacial score (nSPS) is 10.6. The van der Waals surface area contributed by atoms with Crippen molar-refractivity contribution in [3.63, 3.8) is 0 Å². The highest BCUT2D eigenvalue weighted by atomic mass is 16.5. The van der Waals surface area contributed by atoms with Gasteiger partial charge in [-0.1, -0.05) is 38.1 Å². The van der Waals surface area contributed by atoms with Crippen molar-refractivity contribution in [2.75, 3.05) is 0 Å². The predicted octanol–water partition coefficient (Wildman–Crippen LogP) is 4.16. The molecule has 0 aliphatic carbocycles. The van der Waals surface area contributed by atoms with Gasteiger partial charge in [0, 0.05) is 0 Å². The number of rotatable bonds is 6. The van der Waals surface area contributed by atoms with E-state index in [4.69, 9.17) is 9.84 Å². The number of aromatic carboxylic acids is 1. The molecule has 0 amide bonds. The molecule has 2 rings (SSSR count). The SMILES string of the molecule is CC(C)Cc1ccc(COc2ccc(C(=O)O)cc2)cc1.